The molecule has 0 radical (unpaired) electrons. The van der Waals surface area contributed by atoms with Gasteiger partial charge in [0.1, 0.15) is 5.82 Å². The van der Waals surface area contributed by atoms with Crippen molar-refractivity contribution < 1.29 is 4.39 Å². The first kappa shape index (κ1) is 22.1. The van der Waals surface area contributed by atoms with Gasteiger partial charge in [-0.3, -0.25) is 4.98 Å². The lowest BCUT2D eigenvalue weighted by Crippen LogP contribution is -2.32. The first-order valence-electron chi connectivity index (χ1n) is 11.4. The van der Waals surface area contributed by atoms with Crippen LogP contribution in [0.4, 0.5) is 10.1 Å². The van der Waals surface area contributed by atoms with E-state index in [4.69, 9.17) is 12.2 Å². The standard InChI is InChI=1S/C27H26FN5S/c28-21-12-4-5-14-23(21)32-18-8-15-24(32)26-25(22-13-6-7-16-30-22)31-27(34)33(26)19-9-17-29-20-10-2-1-3-11-20/h1-8,10-16,18,25-26,29H,9,17,19H2,(H,31,34). The fourth-order valence-corrected chi connectivity index (χ4v) is 4.84. The van der Waals surface area contributed by atoms with E-state index in [1.807, 2.05) is 65.4 Å². The molecular formula is C27H26FN5S. The molecule has 5 rings (SSSR count). The maximum atomic E-state index is 14.7. The molecule has 7 heteroatoms. The highest BCUT2D eigenvalue weighted by atomic mass is 32.1. The number of benzene rings is 2. The van der Waals surface area contributed by atoms with Crippen molar-refractivity contribution in [3.63, 3.8) is 0 Å². The summed E-state index contributed by atoms with van der Waals surface area (Å²) >= 11 is 5.78. The smallest absolute Gasteiger partial charge is 0.170 e. The van der Waals surface area contributed by atoms with Crippen molar-refractivity contribution in [3.05, 3.63) is 115 Å². The van der Waals surface area contributed by atoms with Gasteiger partial charge in [0.2, 0.25) is 0 Å². The van der Waals surface area contributed by atoms with Crippen LogP contribution in [0.1, 0.15) is 29.9 Å². The van der Waals surface area contributed by atoms with Gasteiger partial charge < -0.3 is 20.1 Å². The zero-order valence-electron chi connectivity index (χ0n) is 18.6. The number of hydrogen-bond donors (Lipinski definition) is 2. The highest BCUT2D eigenvalue weighted by Gasteiger charge is 2.41. The van der Waals surface area contributed by atoms with Gasteiger partial charge in [0.05, 0.1) is 23.5 Å². The van der Waals surface area contributed by atoms with E-state index >= 15 is 0 Å². The Morgan fingerprint density at radius 2 is 1.74 bits per heavy atom. The predicted molar refractivity (Wildman–Crippen MR) is 137 cm³/mol. The quantitative estimate of drug-likeness (QED) is 0.263. The second-order valence-electron chi connectivity index (χ2n) is 8.22. The first-order valence-corrected chi connectivity index (χ1v) is 11.8. The number of para-hydroxylation sites is 2. The minimum absolute atomic E-state index is 0.131. The van der Waals surface area contributed by atoms with Crippen LogP contribution >= 0.6 is 12.2 Å². The molecule has 3 heterocycles. The second kappa shape index (κ2) is 10.1. The molecule has 2 aromatic carbocycles. The molecule has 0 spiro atoms. The van der Waals surface area contributed by atoms with E-state index in [0.29, 0.717) is 10.8 Å². The molecule has 0 aliphatic carbocycles. The Bertz CT molecular complexity index is 1240. The van der Waals surface area contributed by atoms with E-state index in [1.165, 1.54) is 6.07 Å². The van der Waals surface area contributed by atoms with Gasteiger partial charge in [-0.25, -0.2) is 4.39 Å². The third kappa shape index (κ3) is 4.52. The van der Waals surface area contributed by atoms with Gasteiger partial charge in [-0.15, -0.1) is 0 Å². The van der Waals surface area contributed by atoms with Crippen molar-refractivity contribution in [3.8, 4) is 5.69 Å². The van der Waals surface area contributed by atoms with Crippen molar-refractivity contribution in [1.82, 2.24) is 19.8 Å². The Morgan fingerprint density at radius 3 is 2.53 bits per heavy atom. The molecule has 1 fully saturated rings. The number of aromatic nitrogens is 2. The number of halogens is 1. The minimum atomic E-state index is -0.263. The number of thiocarbonyl (C=S) groups is 1. The molecular weight excluding hydrogens is 445 g/mol. The summed E-state index contributed by atoms with van der Waals surface area (Å²) in [4.78, 5) is 6.80. The molecule has 4 aromatic rings. The Kier molecular flexibility index (Phi) is 6.53. The van der Waals surface area contributed by atoms with Gasteiger partial charge in [0, 0.05) is 36.9 Å². The maximum Gasteiger partial charge on any atom is 0.170 e. The van der Waals surface area contributed by atoms with Gasteiger partial charge in [-0.05, 0) is 67.2 Å². The van der Waals surface area contributed by atoms with Crippen LogP contribution < -0.4 is 10.6 Å². The molecule has 1 aliphatic heterocycles. The van der Waals surface area contributed by atoms with E-state index < -0.39 is 0 Å². The van der Waals surface area contributed by atoms with Crippen LogP contribution in [0.3, 0.4) is 0 Å². The summed E-state index contributed by atoms with van der Waals surface area (Å²) < 4.78 is 16.6. The molecule has 0 bridgehead atoms. The summed E-state index contributed by atoms with van der Waals surface area (Å²) in [5, 5.41) is 7.62. The highest BCUT2D eigenvalue weighted by molar-refractivity contribution is 7.80. The third-order valence-electron chi connectivity index (χ3n) is 6.07. The van der Waals surface area contributed by atoms with Gasteiger partial charge >= 0.3 is 0 Å². The largest absolute Gasteiger partial charge is 0.385 e. The van der Waals surface area contributed by atoms with Crippen molar-refractivity contribution >= 4 is 23.0 Å². The summed E-state index contributed by atoms with van der Waals surface area (Å²) in [6.45, 7) is 1.57. The molecule has 1 aliphatic rings. The maximum absolute atomic E-state index is 14.7. The van der Waals surface area contributed by atoms with Crippen LogP contribution in [-0.2, 0) is 0 Å². The van der Waals surface area contributed by atoms with Crippen LogP contribution in [0.2, 0.25) is 0 Å². The lowest BCUT2D eigenvalue weighted by molar-refractivity contribution is 0.307. The Labute approximate surface area is 204 Å². The summed E-state index contributed by atoms with van der Waals surface area (Å²) in [5.74, 6) is -0.263. The van der Waals surface area contributed by atoms with E-state index in [9.17, 15) is 4.39 Å². The van der Waals surface area contributed by atoms with E-state index in [0.717, 1.165) is 36.6 Å². The van der Waals surface area contributed by atoms with Crippen molar-refractivity contribution in [2.75, 3.05) is 18.4 Å². The van der Waals surface area contributed by atoms with Gasteiger partial charge in [0.15, 0.2) is 5.11 Å². The van der Waals surface area contributed by atoms with Crippen LogP contribution in [-0.4, -0.2) is 32.7 Å². The fourth-order valence-electron chi connectivity index (χ4n) is 4.51. The topological polar surface area (TPSA) is 45.1 Å². The minimum Gasteiger partial charge on any atom is -0.385 e. The molecule has 5 nitrogen and oxygen atoms in total. The number of hydrogen-bond acceptors (Lipinski definition) is 3. The average Bonchev–Trinajstić information content (AvgIpc) is 3.47. The van der Waals surface area contributed by atoms with Crippen molar-refractivity contribution in [2.45, 2.75) is 18.5 Å². The first-order chi connectivity index (χ1) is 16.7. The normalized spacial score (nSPS) is 17.6. The van der Waals surface area contributed by atoms with E-state index in [2.05, 4.69) is 32.7 Å². The summed E-state index contributed by atoms with van der Waals surface area (Å²) in [7, 11) is 0. The van der Waals surface area contributed by atoms with Gasteiger partial charge in [-0.2, -0.15) is 0 Å². The number of anilines is 1. The van der Waals surface area contributed by atoms with Crippen LogP contribution in [0.25, 0.3) is 5.69 Å². The van der Waals surface area contributed by atoms with Crippen LogP contribution in [0.5, 0.6) is 0 Å². The molecule has 2 N–H and O–H groups in total. The van der Waals surface area contributed by atoms with E-state index in [1.54, 1.807) is 18.3 Å². The predicted octanol–water partition coefficient (Wildman–Crippen LogP) is 5.49. The SMILES string of the molecule is Fc1ccccc1-n1cccc1C1C(c2ccccn2)NC(=S)N1CCCNc1ccccc1. The monoisotopic (exact) mass is 471 g/mol. The number of nitrogens with one attached hydrogen (secondary N) is 2. The van der Waals surface area contributed by atoms with E-state index in [-0.39, 0.29) is 17.9 Å². The number of nitrogens with zero attached hydrogens (tertiary/aromatic N) is 3. The molecule has 0 saturated carbocycles. The lowest BCUT2D eigenvalue weighted by Gasteiger charge is -2.29. The molecule has 34 heavy (non-hydrogen) atoms. The zero-order chi connectivity index (χ0) is 23.3. The summed E-state index contributed by atoms with van der Waals surface area (Å²) in [6.07, 6.45) is 4.59. The second-order valence-corrected chi connectivity index (χ2v) is 8.61. The number of pyridine rings is 1. The molecule has 2 aromatic heterocycles. The van der Waals surface area contributed by atoms with Crippen molar-refractivity contribution in [2.24, 2.45) is 0 Å². The van der Waals surface area contributed by atoms with Crippen LogP contribution in [0.15, 0.2) is 97.3 Å². The van der Waals surface area contributed by atoms with Crippen LogP contribution in [0, 0.1) is 5.82 Å². The molecule has 172 valence electrons. The zero-order valence-corrected chi connectivity index (χ0v) is 19.5. The fraction of sp³-hybridized carbons (Fsp3) is 0.185. The van der Waals surface area contributed by atoms with Gasteiger partial charge in [0.25, 0.3) is 0 Å². The summed E-state index contributed by atoms with van der Waals surface area (Å²) in [6, 6.07) is 26.6. The lowest BCUT2D eigenvalue weighted by atomic mass is 10.0. The molecule has 2 atom stereocenters. The Balaban J connectivity index is 1.44. The Morgan fingerprint density at radius 1 is 0.941 bits per heavy atom. The average molecular weight is 472 g/mol. The van der Waals surface area contributed by atoms with Gasteiger partial charge in [-0.1, -0.05) is 36.4 Å². The molecule has 1 saturated heterocycles. The molecule has 0 amide bonds. The molecule has 2 unspecified atom stereocenters. The Hall–Kier alpha value is -3.71. The number of rotatable bonds is 8. The van der Waals surface area contributed by atoms with Crippen molar-refractivity contribution in [1.29, 1.82) is 0 Å². The third-order valence-corrected chi connectivity index (χ3v) is 6.42. The highest BCUT2D eigenvalue weighted by Crippen LogP contribution is 2.39. The summed E-state index contributed by atoms with van der Waals surface area (Å²) in [5.41, 5.74) is 3.48.